The number of carboxylic acids is 1. The van der Waals surface area contributed by atoms with Crippen LogP contribution in [-0.2, 0) is 13.1 Å². The number of fused-ring (bicyclic) bond motifs is 1. The van der Waals surface area contributed by atoms with Crippen molar-refractivity contribution in [3.05, 3.63) is 75.5 Å². The number of hydrogen-bond acceptors (Lipinski definition) is 4. The number of para-hydroxylation sites is 1. The highest BCUT2D eigenvalue weighted by atomic mass is 16.6. The summed E-state index contributed by atoms with van der Waals surface area (Å²) < 4.78 is 1.74. The zero-order valence-corrected chi connectivity index (χ0v) is 15.3. The topological polar surface area (TPSA) is 97.4 Å². The summed E-state index contributed by atoms with van der Waals surface area (Å²) in [6.07, 6.45) is 3.45. The predicted molar refractivity (Wildman–Crippen MR) is 106 cm³/mol. The van der Waals surface area contributed by atoms with E-state index in [1.807, 2.05) is 24.3 Å². The van der Waals surface area contributed by atoms with Gasteiger partial charge in [0.15, 0.2) is 0 Å². The van der Waals surface area contributed by atoms with Gasteiger partial charge in [0.2, 0.25) is 0 Å². The van der Waals surface area contributed by atoms with E-state index in [2.05, 4.69) is 5.32 Å². The van der Waals surface area contributed by atoms with Gasteiger partial charge in [-0.3, -0.25) is 10.1 Å². The highest BCUT2D eigenvalue weighted by Gasteiger charge is 2.24. The Bertz CT molecular complexity index is 1050. The number of rotatable bonds is 7. The molecule has 1 heterocycles. The van der Waals surface area contributed by atoms with Crippen molar-refractivity contribution >= 4 is 22.6 Å². The van der Waals surface area contributed by atoms with Crippen LogP contribution in [0.4, 0.5) is 5.69 Å². The van der Waals surface area contributed by atoms with Crippen molar-refractivity contribution in [2.75, 3.05) is 0 Å². The number of nitrogens with zero attached hydrogens (tertiary/aromatic N) is 2. The quantitative estimate of drug-likeness (QED) is 0.479. The van der Waals surface area contributed by atoms with Gasteiger partial charge in [0.25, 0.3) is 5.69 Å². The van der Waals surface area contributed by atoms with Crippen LogP contribution in [0.5, 0.6) is 0 Å². The number of nitro benzene ring substituents is 1. The highest BCUT2D eigenvalue weighted by molar-refractivity contribution is 5.98. The van der Waals surface area contributed by atoms with E-state index in [4.69, 9.17) is 0 Å². The molecule has 1 aliphatic rings. The minimum Gasteiger partial charge on any atom is -0.477 e. The fraction of sp³-hybridized carbons (Fsp3) is 0.286. The number of aromatic nitrogens is 1. The number of carboxylic acid groups (broad SMARTS) is 1. The van der Waals surface area contributed by atoms with Crippen LogP contribution in [-0.4, -0.2) is 26.6 Å². The summed E-state index contributed by atoms with van der Waals surface area (Å²) in [6, 6.07) is 14.4. The Morgan fingerprint density at radius 2 is 2.00 bits per heavy atom. The lowest BCUT2D eigenvalue weighted by atomic mass is 9.93. The third kappa shape index (κ3) is 3.36. The Balaban J connectivity index is 1.78. The fourth-order valence-corrected chi connectivity index (χ4v) is 3.77. The van der Waals surface area contributed by atoms with Crippen molar-refractivity contribution in [2.24, 2.45) is 0 Å². The maximum absolute atomic E-state index is 12.1. The molecule has 7 nitrogen and oxygen atoms in total. The van der Waals surface area contributed by atoms with Gasteiger partial charge >= 0.3 is 5.97 Å². The third-order valence-electron chi connectivity index (χ3n) is 5.41. The predicted octanol–water partition coefficient (Wildman–Crippen LogP) is 3.94. The average Bonchev–Trinajstić information content (AvgIpc) is 2.95. The minimum atomic E-state index is -0.993. The molecule has 1 aromatic heterocycles. The van der Waals surface area contributed by atoms with Crippen LogP contribution in [0.15, 0.2) is 48.5 Å². The maximum Gasteiger partial charge on any atom is 0.352 e. The van der Waals surface area contributed by atoms with Gasteiger partial charge in [-0.05, 0) is 24.5 Å². The number of aromatic carboxylic acids is 1. The summed E-state index contributed by atoms with van der Waals surface area (Å²) in [7, 11) is 0. The van der Waals surface area contributed by atoms with E-state index in [-0.39, 0.29) is 17.9 Å². The van der Waals surface area contributed by atoms with Crippen LogP contribution in [0.1, 0.15) is 40.9 Å². The number of non-ortho nitro benzene ring substituents is 1. The lowest BCUT2D eigenvalue weighted by Crippen LogP contribution is -2.34. The first-order valence-corrected chi connectivity index (χ1v) is 9.34. The first-order valence-electron chi connectivity index (χ1n) is 9.34. The molecule has 0 aliphatic heterocycles. The first-order chi connectivity index (χ1) is 13.5. The van der Waals surface area contributed by atoms with Gasteiger partial charge in [-0.1, -0.05) is 36.8 Å². The summed E-state index contributed by atoms with van der Waals surface area (Å²) in [6.45, 7) is 0.752. The van der Waals surface area contributed by atoms with Gasteiger partial charge in [-0.2, -0.15) is 0 Å². The van der Waals surface area contributed by atoms with Crippen molar-refractivity contribution in [3.8, 4) is 0 Å². The van der Waals surface area contributed by atoms with E-state index in [0.29, 0.717) is 18.2 Å². The molecule has 3 aromatic rings. The Morgan fingerprint density at radius 3 is 2.68 bits per heavy atom. The molecule has 0 bridgehead atoms. The Morgan fingerprint density at radius 1 is 1.21 bits per heavy atom. The van der Waals surface area contributed by atoms with E-state index in [9.17, 15) is 20.0 Å². The Kier molecular flexibility index (Phi) is 4.83. The van der Waals surface area contributed by atoms with Gasteiger partial charge in [0, 0.05) is 47.7 Å². The Labute approximate surface area is 161 Å². The van der Waals surface area contributed by atoms with E-state index in [0.717, 1.165) is 29.3 Å². The van der Waals surface area contributed by atoms with Crippen molar-refractivity contribution in [3.63, 3.8) is 0 Å². The maximum atomic E-state index is 12.1. The van der Waals surface area contributed by atoms with Crippen LogP contribution < -0.4 is 5.32 Å². The van der Waals surface area contributed by atoms with E-state index in [1.165, 1.54) is 18.6 Å². The molecule has 1 saturated carbocycles. The standard InChI is InChI=1S/C21H21N3O4/c25-21(26)20-18(12-22-15-6-4-7-15)17-9-1-2-10-19(17)23(20)13-14-5-3-8-16(11-14)24(27)28/h1-3,5,8-11,15,22H,4,6-7,12-13H2,(H,25,26). The molecule has 1 fully saturated rings. The number of benzene rings is 2. The SMILES string of the molecule is O=C(O)c1c(CNC2CCC2)c2ccccc2n1Cc1cccc([N+](=O)[O-])c1. The zero-order chi connectivity index (χ0) is 19.7. The Hall–Kier alpha value is -3.19. The molecule has 7 heteroatoms. The molecule has 0 atom stereocenters. The second-order valence-electron chi connectivity index (χ2n) is 7.17. The van der Waals surface area contributed by atoms with Crippen LogP contribution in [0.25, 0.3) is 10.9 Å². The molecule has 0 radical (unpaired) electrons. The number of nitro groups is 1. The van der Waals surface area contributed by atoms with E-state index >= 15 is 0 Å². The number of carbonyl (C=O) groups is 1. The summed E-state index contributed by atoms with van der Waals surface area (Å²) in [4.78, 5) is 22.8. The van der Waals surface area contributed by atoms with Crippen molar-refractivity contribution in [1.29, 1.82) is 0 Å². The van der Waals surface area contributed by atoms with Crippen LogP contribution >= 0.6 is 0 Å². The van der Waals surface area contributed by atoms with E-state index < -0.39 is 10.9 Å². The van der Waals surface area contributed by atoms with Crippen molar-refractivity contribution in [1.82, 2.24) is 9.88 Å². The lowest BCUT2D eigenvalue weighted by molar-refractivity contribution is -0.384. The molecule has 1 aliphatic carbocycles. The smallest absolute Gasteiger partial charge is 0.352 e. The van der Waals surface area contributed by atoms with Crippen LogP contribution in [0, 0.1) is 10.1 Å². The fourth-order valence-electron chi connectivity index (χ4n) is 3.77. The molecule has 2 aromatic carbocycles. The molecule has 0 saturated heterocycles. The van der Waals surface area contributed by atoms with Gasteiger partial charge in [-0.15, -0.1) is 0 Å². The van der Waals surface area contributed by atoms with Crippen LogP contribution in [0.3, 0.4) is 0 Å². The normalized spacial score (nSPS) is 14.1. The summed E-state index contributed by atoms with van der Waals surface area (Å²) in [5, 5.41) is 25.4. The second kappa shape index (κ2) is 7.44. The molecular formula is C21H21N3O4. The van der Waals surface area contributed by atoms with E-state index in [1.54, 1.807) is 16.7 Å². The van der Waals surface area contributed by atoms with Crippen molar-refractivity contribution in [2.45, 2.75) is 38.4 Å². The molecule has 144 valence electrons. The zero-order valence-electron chi connectivity index (χ0n) is 15.3. The molecular weight excluding hydrogens is 358 g/mol. The van der Waals surface area contributed by atoms with Gasteiger partial charge in [0.05, 0.1) is 4.92 Å². The average molecular weight is 379 g/mol. The monoisotopic (exact) mass is 379 g/mol. The van der Waals surface area contributed by atoms with Crippen molar-refractivity contribution < 1.29 is 14.8 Å². The second-order valence-corrected chi connectivity index (χ2v) is 7.17. The first kappa shape index (κ1) is 18.2. The summed E-state index contributed by atoms with van der Waals surface area (Å²) >= 11 is 0. The lowest BCUT2D eigenvalue weighted by Gasteiger charge is -2.26. The number of nitrogens with one attached hydrogen (secondary N) is 1. The number of hydrogen-bond donors (Lipinski definition) is 2. The molecule has 28 heavy (non-hydrogen) atoms. The van der Waals surface area contributed by atoms with Crippen LogP contribution in [0.2, 0.25) is 0 Å². The molecule has 0 spiro atoms. The summed E-state index contributed by atoms with van der Waals surface area (Å²) in [5.41, 5.74) is 2.51. The van der Waals surface area contributed by atoms with Gasteiger partial charge in [-0.25, -0.2) is 4.79 Å². The molecule has 4 rings (SSSR count). The summed E-state index contributed by atoms with van der Waals surface area (Å²) in [5.74, 6) is -0.993. The largest absolute Gasteiger partial charge is 0.477 e. The highest BCUT2D eigenvalue weighted by Crippen LogP contribution is 2.29. The molecule has 0 unspecified atom stereocenters. The third-order valence-corrected chi connectivity index (χ3v) is 5.41. The minimum absolute atomic E-state index is 0.00212. The van der Waals surface area contributed by atoms with Gasteiger partial charge < -0.3 is 15.0 Å². The van der Waals surface area contributed by atoms with Gasteiger partial charge in [0.1, 0.15) is 5.69 Å². The molecule has 0 amide bonds. The molecule has 2 N–H and O–H groups in total.